The second-order valence-electron chi connectivity index (χ2n) is 4.84. The third-order valence-corrected chi connectivity index (χ3v) is 2.58. The summed E-state index contributed by atoms with van der Waals surface area (Å²) in [6, 6.07) is 6.40. The zero-order chi connectivity index (χ0) is 12.3. The zero-order valence-corrected chi connectivity index (χ0v) is 10.5. The minimum Gasteiger partial charge on any atom is -0.325 e. The van der Waals surface area contributed by atoms with Crippen molar-refractivity contribution in [2.24, 2.45) is 11.1 Å². The Labute approximate surface area is 101 Å². The molecule has 4 heteroatoms. The molecular formula is C12H17ClN2O. The number of anilines is 1. The van der Waals surface area contributed by atoms with E-state index < -0.39 is 6.04 Å². The third kappa shape index (κ3) is 3.51. The van der Waals surface area contributed by atoms with Crippen LogP contribution in [0, 0.1) is 5.41 Å². The van der Waals surface area contributed by atoms with E-state index in [0.717, 1.165) is 0 Å². The van der Waals surface area contributed by atoms with E-state index in [2.05, 4.69) is 5.32 Å². The number of hydrogen-bond acceptors (Lipinski definition) is 2. The van der Waals surface area contributed by atoms with Crippen molar-refractivity contribution in [1.29, 1.82) is 0 Å². The Bertz CT molecular complexity index is 368. The van der Waals surface area contributed by atoms with Crippen molar-refractivity contribution in [1.82, 2.24) is 0 Å². The normalized spacial score (nSPS) is 13.3. The van der Waals surface area contributed by atoms with Gasteiger partial charge in [-0.3, -0.25) is 4.79 Å². The average molecular weight is 241 g/mol. The van der Waals surface area contributed by atoms with Gasteiger partial charge >= 0.3 is 0 Å². The molecule has 0 fully saturated rings. The van der Waals surface area contributed by atoms with Gasteiger partial charge in [-0.2, -0.15) is 0 Å². The first kappa shape index (κ1) is 13.0. The highest BCUT2D eigenvalue weighted by molar-refractivity contribution is 6.30. The Morgan fingerprint density at radius 2 is 1.81 bits per heavy atom. The largest absolute Gasteiger partial charge is 0.325 e. The smallest absolute Gasteiger partial charge is 0.241 e. The summed E-state index contributed by atoms with van der Waals surface area (Å²) in [5, 5.41) is 3.39. The zero-order valence-electron chi connectivity index (χ0n) is 9.75. The monoisotopic (exact) mass is 240 g/mol. The van der Waals surface area contributed by atoms with Crippen LogP contribution in [0.5, 0.6) is 0 Å². The molecule has 0 aliphatic carbocycles. The van der Waals surface area contributed by atoms with Gasteiger partial charge in [0.1, 0.15) is 0 Å². The van der Waals surface area contributed by atoms with Crippen LogP contribution in [0.1, 0.15) is 20.8 Å². The summed E-state index contributed by atoms with van der Waals surface area (Å²) < 4.78 is 0. The molecule has 0 unspecified atom stereocenters. The summed E-state index contributed by atoms with van der Waals surface area (Å²) in [6.07, 6.45) is 0. The molecule has 1 atom stereocenters. The van der Waals surface area contributed by atoms with Gasteiger partial charge in [0.25, 0.3) is 0 Å². The van der Waals surface area contributed by atoms with E-state index in [1.54, 1.807) is 24.3 Å². The van der Waals surface area contributed by atoms with Crippen LogP contribution >= 0.6 is 11.6 Å². The molecule has 1 rings (SSSR count). The van der Waals surface area contributed by atoms with Crippen molar-refractivity contribution in [3.63, 3.8) is 0 Å². The Morgan fingerprint density at radius 1 is 1.31 bits per heavy atom. The maximum absolute atomic E-state index is 11.8. The fraction of sp³-hybridized carbons (Fsp3) is 0.417. The predicted molar refractivity (Wildman–Crippen MR) is 67.5 cm³/mol. The highest BCUT2D eigenvalue weighted by atomic mass is 35.5. The Morgan fingerprint density at radius 3 is 2.25 bits per heavy atom. The molecule has 0 heterocycles. The number of nitrogens with two attached hydrogens (primary N) is 1. The van der Waals surface area contributed by atoms with Crippen LogP contribution in [-0.2, 0) is 4.79 Å². The molecule has 0 radical (unpaired) electrons. The molecule has 1 amide bonds. The summed E-state index contributed by atoms with van der Waals surface area (Å²) in [5.41, 5.74) is 6.28. The summed E-state index contributed by atoms with van der Waals surface area (Å²) in [4.78, 5) is 11.8. The molecule has 3 N–H and O–H groups in total. The fourth-order valence-corrected chi connectivity index (χ4v) is 1.27. The van der Waals surface area contributed by atoms with Crippen LogP contribution in [0.15, 0.2) is 24.3 Å². The molecular weight excluding hydrogens is 224 g/mol. The van der Waals surface area contributed by atoms with E-state index >= 15 is 0 Å². The molecule has 1 aromatic rings. The maximum atomic E-state index is 11.8. The molecule has 0 aliphatic heterocycles. The lowest BCUT2D eigenvalue weighted by Crippen LogP contribution is -2.45. The lowest BCUT2D eigenvalue weighted by molar-refractivity contribution is -0.119. The first-order valence-electron chi connectivity index (χ1n) is 5.13. The van der Waals surface area contributed by atoms with Gasteiger partial charge in [0.05, 0.1) is 6.04 Å². The first-order valence-corrected chi connectivity index (χ1v) is 5.50. The van der Waals surface area contributed by atoms with E-state index in [1.165, 1.54) is 0 Å². The average Bonchev–Trinajstić information content (AvgIpc) is 2.19. The molecule has 0 bridgehead atoms. The van der Waals surface area contributed by atoms with Crippen molar-refractivity contribution < 1.29 is 4.79 Å². The molecule has 0 saturated heterocycles. The standard InChI is InChI=1S/C12H17ClN2O/c1-12(2,3)10(14)11(16)15-9-6-4-8(13)5-7-9/h4-7,10H,14H2,1-3H3,(H,15,16)/t10-/m1/s1. The Balaban J connectivity index is 2.68. The summed E-state index contributed by atoms with van der Waals surface area (Å²) >= 11 is 5.75. The van der Waals surface area contributed by atoms with Crippen LogP contribution in [0.2, 0.25) is 5.02 Å². The molecule has 3 nitrogen and oxygen atoms in total. The number of benzene rings is 1. The van der Waals surface area contributed by atoms with Gasteiger partial charge in [-0.15, -0.1) is 0 Å². The lowest BCUT2D eigenvalue weighted by Gasteiger charge is -2.25. The Hall–Kier alpha value is -1.06. The van der Waals surface area contributed by atoms with E-state index in [-0.39, 0.29) is 11.3 Å². The van der Waals surface area contributed by atoms with Crippen LogP contribution in [0.4, 0.5) is 5.69 Å². The van der Waals surface area contributed by atoms with Crippen LogP contribution in [-0.4, -0.2) is 11.9 Å². The van der Waals surface area contributed by atoms with Gasteiger partial charge < -0.3 is 11.1 Å². The fourth-order valence-electron chi connectivity index (χ4n) is 1.15. The van der Waals surface area contributed by atoms with Crippen LogP contribution in [0.3, 0.4) is 0 Å². The highest BCUT2D eigenvalue weighted by Gasteiger charge is 2.27. The van der Waals surface area contributed by atoms with E-state index in [0.29, 0.717) is 10.7 Å². The van der Waals surface area contributed by atoms with Crippen molar-refractivity contribution in [3.8, 4) is 0 Å². The van der Waals surface area contributed by atoms with Crippen molar-refractivity contribution in [2.75, 3.05) is 5.32 Å². The van der Waals surface area contributed by atoms with Crippen molar-refractivity contribution in [3.05, 3.63) is 29.3 Å². The van der Waals surface area contributed by atoms with E-state index in [4.69, 9.17) is 17.3 Å². The number of carbonyl (C=O) groups is 1. The number of carbonyl (C=O) groups excluding carboxylic acids is 1. The SMILES string of the molecule is CC(C)(C)[C@H](N)C(=O)Nc1ccc(Cl)cc1. The second kappa shape index (κ2) is 4.85. The van der Waals surface area contributed by atoms with Gasteiger partial charge in [-0.1, -0.05) is 32.4 Å². The minimum atomic E-state index is -0.539. The first-order chi connectivity index (χ1) is 7.30. The molecule has 0 aliphatic rings. The highest BCUT2D eigenvalue weighted by Crippen LogP contribution is 2.19. The van der Waals surface area contributed by atoms with Gasteiger partial charge in [-0.25, -0.2) is 0 Å². The summed E-state index contributed by atoms with van der Waals surface area (Å²) in [6.45, 7) is 5.79. The second-order valence-corrected chi connectivity index (χ2v) is 5.28. The third-order valence-electron chi connectivity index (χ3n) is 2.33. The van der Waals surface area contributed by atoms with Crippen molar-refractivity contribution >= 4 is 23.2 Å². The molecule has 0 aromatic heterocycles. The minimum absolute atomic E-state index is 0.185. The maximum Gasteiger partial charge on any atom is 0.241 e. The molecule has 0 spiro atoms. The molecule has 0 saturated carbocycles. The van der Waals surface area contributed by atoms with Crippen LogP contribution < -0.4 is 11.1 Å². The van der Waals surface area contributed by atoms with E-state index in [1.807, 2.05) is 20.8 Å². The number of rotatable bonds is 2. The number of nitrogens with one attached hydrogen (secondary N) is 1. The molecule has 1 aromatic carbocycles. The lowest BCUT2D eigenvalue weighted by atomic mass is 9.87. The summed E-state index contributed by atoms with van der Waals surface area (Å²) in [5.74, 6) is -0.185. The Kier molecular flexibility index (Phi) is 3.94. The number of hydrogen-bond donors (Lipinski definition) is 2. The number of amides is 1. The topological polar surface area (TPSA) is 55.1 Å². The number of halogens is 1. The van der Waals surface area contributed by atoms with Gasteiger partial charge in [0, 0.05) is 10.7 Å². The van der Waals surface area contributed by atoms with Gasteiger partial charge in [-0.05, 0) is 29.7 Å². The molecule has 88 valence electrons. The quantitative estimate of drug-likeness (QED) is 0.835. The molecule has 16 heavy (non-hydrogen) atoms. The predicted octanol–water partition coefficient (Wildman–Crippen LogP) is 2.65. The van der Waals surface area contributed by atoms with Gasteiger partial charge in [0.15, 0.2) is 0 Å². The summed E-state index contributed by atoms with van der Waals surface area (Å²) in [7, 11) is 0. The van der Waals surface area contributed by atoms with Gasteiger partial charge in [0.2, 0.25) is 5.91 Å². The van der Waals surface area contributed by atoms with Crippen LogP contribution in [0.25, 0.3) is 0 Å². The van der Waals surface area contributed by atoms with Crippen molar-refractivity contribution in [2.45, 2.75) is 26.8 Å². The van der Waals surface area contributed by atoms with E-state index in [9.17, 15) is 4.79 Å².